The van der Waals surface area contributed by atoms with Crippen LogP contribution in [0.25, 0.3) is 0 Å². The lowest BCUT2D eigenvalue weighted by atomic mass is 10.4. The van der Waals surface area contributed by atoms with Crippen LogP contribution in [0.2, 0.25) is 0 Å². The van der Waals surface area contributed by atoms with Crippen molar-refractivity contribution in [1.29, 1.82) is 0 Å². The van der Waals surface area contributed by atoms with Gasteiger partial charge in [-0.05, 0) is 32.9 Å². The molecule has 0 saturated heterocycles. The molecule has 72 valence electrons. The Morgan fingerprint density at radius 1 is 1.50 bits per heavy atom. The number of halogens is 1. The van der Waals surface area contributed by atoms with Gasteiger partial charge in [-0.15, -0.1) is 0 Å². The SMILES string of the molecule is CN(CCCS(=O)(=O)Cl)C1CC1. The highest BCUT2D eigenvalue weighted by Crippen LogP contribution is 2.25. The van der Waals surface area contributed by atoms with Crippen LogP contribution in [0.4, 0.5) is 0 Å². The molecule has 0 unspecified atom stereocenters. The van der Waals surface area contributed by atoms with Crippen LogP contribution in [0.3, 0.4) is 0 Å². The zero-order valence-electron chi connectivity index (χ0n) is 7.16. The van der Waals surface area contributed by atoms with Crippen LogP contribution in [0.5, 0.6) is 0 Å². The molecule has 0 aliphatic heterocycles. The fourth-order valence-electron chi connectivity index (χ4n) is 1.18. The summed E-state index contributed by atoms with van der Waals surface area (Å²) in [6, 6.07) is 0.697. The monoisotopic (exact) mass is 211 g/mol. The predicted octanol–water partition coefficient (Wildman–Crippen LogP) is 1.04. The van der Waals surface area contributed by atoms with Crippen LogP contribution < -0.4 is 0 Å². The molecule has 0 N–H and O–H groups in total. The average molecular weight is 212 g/mol. The lowest BCUT2D eigenvalue weighted by Gasteiger charge is -2.14. The van der Waals surface area contributed by atoms with Crippen molar-refractivity contribution in [1.82, 2.24) is 4.90 Å². The molecule has 0 aromatic rings. The molecule has 5 heteroatoms. The Balaban J connectivity index is 2.09. The van der Waals surface area contributed by atoms with Gasteiger partial charge in [-0.1, -0.05) is 0 Å². The van der Waals surface area contributed by atoms with Gasteiger partial charge in [0.2, 0.25) is 9.05 Å². The molecule has 1 aliphatic rings. The fourth-order valence-corrected chi connectivity index (χ4v) is 1.99. The summed E-state index contributed by atoms with van der Waals surface area (Å²) in [5.41, 5.74) is 0. The van der Waals surface area contributed by atoms with Crippen molar-refractivity contribution in [2.75, 3.05) is 19.3 Å². The van der Waals surface area contributed by atoms with Crippen LogP contribution >= 0.6 is 10.7 Å². The normalized spacial score (nSPS) is 18.6. The third-order valence-corrected chi connectivity index (χ3v) is 3.31. The minimum absolute atomic E-state index is 0.0889. The molecule has 0 bridgehead atoms. The summed E-state index contributed by atoms with van der Waals surface area (Å²) in [7, 11) is 3.81. The molecule has 0 heterocycles. The highest BCUT2D eigenvalue weighted by molar-refractivity contribution is 8.13. The van der Waals surface area contributed by atoms with Crippen LogP contribution in [-0.2, 0) is 9.05 Å². The van der Waals surface area contributed by atoms with Crippen molar-refractivity contribution in [2.24, 2.45) is 0 Å². The van der Waals surface area contributed by atoms with E-state index in [1.54, 1.807) is 0 Å². The Labute approximate surface area is 78.1 Å². The van der Waals surface area contributed by atoms with Gasteiger partial charge in [0.25, 0.3) is 0 Å². The highest BCUT2D eigenvalue weighted by atomic mass is 35.7. The summed E-state index contributed by atoms with van der Waals surface area (Å²) in [5, 5.41) is 0. The molecule has 0 aromatic carbocycles. The highest BCUT2D eigenvalue weighted by Gasteiger charge is 2.25. The minimum Gasteiger partial charge on any atom is -0.303 e. The smallest absolute Gasteiger partial charge is 0.232 e. The van der Waals surface area contributed by atoms with Crippen molar-refractivity contribution < 1.29 is 8.42 Å². The van der Waals surface area contributed by atoms with Crippen LogP contribution in [0, 0.1) is 0 Å². The molecule has 0 spiro atoms. The van der Waals surface area contributed by atoms with Crippen LogP contribution in [0.1, 0.15) is 19.3 Å². The quantitative estimate of drug-likeness (QED) is 0.638. The summed E-state index contributed by atoms with van der Waals surface area (Å²) < 4.78 is 21.1. The van der Waals surface area contributed by atoms with Crippen LogP contribution in [-0.4, -0.2) is 38.7 Å². The Kier molecular flexibility index (Phi) is 3.37. The lowest BCUT2D eigenvalue weighted by molar-refractivity contribution is 0.325. The largest absolute Gasteiger partial charge is 0.303 e. The standard InChI is InChI=1S/C7H14ClNO2S/c1-9(7-3-4-7)5-2-6-12(8,10)11/h7H,2-6H2,1H3. The van der Waals surface area contributed by atoms with E-state index in [4.69, 9.17) is 10.7 Å². The lowest BCUT2D eigenvalue weighted by Crippen LogP contribution is -2.23. The van der Waals surface area contributed by atoms with E-state index in [1.807, 2.05) is 7.05 Å². The Morgan fingerprint density at radius 3 is 2.50 bits per heavy atom. The van der Waals surface area contributed by atoms with E-state index in [-0.39, 0.29) is 5.75 Å². The molecule has 0 aromatic heterocycles. The van der Waals surface area contributed by atoms with E-state index in [2.05, 4.69) is 4.90 Å². The van der Waals surface area contributed by atoms with Gasteiger partial charge in [0.1, 0.15) is 0 Å². The van der Waals surface area contributed by atoms with E-state index in [1.165, 1.54) is 12.8 Å². The molecule has 3 nitrogen and oxygen atoms in total. The second kappa shape index (κ2) is 3.94. The van der Waals surface area contributed by atoms with Crippen molar-refractivity contribution in [3.63, 3.8) is 0 Å². The summed E-state index contributed by atoms with van der Waals surface area (Å²) in [6.07, 6.45) is 3.15. The van der Waals surface area contributed by atoms with Crippen molar-refractivity contribution >= 4 is 19.7 Å². The molecule has 1 saturated carbocycles. The summed E-state index contributed by atoms with van der Waals surface area (Å²) in [6.45, 7) is 0.830. The predicted molar refractivity (Wildman–Crippen MR) is 49.9 cm³/mol. The molecule has 0 radical (unpaired) electrons. The first-order valence-corrected chi connectivity index (χ1v) is 6.59. The Morgan fingerprint density at radius 2 is 2.08 bits per heavy atom. The average Bonchev–Trinajstić information content (AvgIpc) is 2.64. The first-order valence-electron chi connectivity index (χ1n) is 4.11. The summed E-state index contributed by atoms with van der Waals surface area (Å²) >= 11 is 0. The first kappa shape index (κ1) is 10.3. The molecule has 0 atom stereocenters. The summed E-state index contributed by atoms with van der Waals surface area (Å²) in [5.74, 6) is 0.0889. The first-order chi connectivity index (χ1) is 5.49. The number of hydrogen-bond acceptors (Lipinski definition) is 3. The van der Waals surface area contributed by atoms with Gasteiger partial charge in [0.05, 0.1) is 5.75 Å². The van der Waals surface area contributed by atoms with E-state index in [0.29, 0.717) is 12.5 Å². The second-order valence-electron chi connectivity index (χ2n) is 3.31. The van der Waals surface area contributed by atoms with Gasteiger partial charge in [0, 0.05) is 16.7 Å². The van der Waals surface area contributed by atoms with Crippen molar-refractivity contribution in [2.45, 2.75) is 25.3 Å². The maximum Gasteiger partial charge on any atom is 0.232 e. The second-order valence-corrected chi connectivity index (χ2v) is 6.20. The van der Waals surface area contributed by atoms with E-state index in [9.17, 15) is 8.42 Å². The molecule has 12 heavy (non-hydrogen) atoms. The van der Waals surface area contributed by atoms with Gasteiger partial charge in [0.15, 0.2) is 0 Å². The van der Waals surface area contributed by atoms with Crippen molar-refractivity contribution in [3.8, 4) is 0 Å². The molecule has 1 rings (SSSR count). The van der Waals surface area contributed by atoms with Crippen LogP contribution in [0.15, 0.2) is 0 Å². The molecular formula is C7H14ClNO2S. The van der Waals surface area contributed by atoms with Gasteiger partial charge in [-0.2, -0.15) is 0 Å². The third kappa shape index (κ3) is 4.28. The third-order valence-electron chi connectivity index (χ3n) is 2.07. The fraction of sp³-hybridized carbons (Fsp3) is 1.00. The summed E-state index contributed by atoms with van der Waals surface area (Å²) in [4.78, 5) is 2.20. The zero-order chi connectivity index (χ0) is 9.19. The van der Waals surface area contributed by atoms with E-state index >= 15 is 0 Å². The maximum absolute atomic E-state index is 10.5. The Bertz CT molecular complexity index is 236. The topological polar surface area (TPSA) is 37.4 Å². The Hall–Kier alpha value is 0.200. The zero-order valence-corrected chi connectivity index (χ0v) is 8.74. The number of hydrogen-bond donors (Lipinski definition) is 0. The van der Waals surface area contributed by atoms with E-state index in [0.717, 1.165) is 6.54 Å². The molecule has 0 amide bonds. The maximum atomic E-state index is 10.5. The van der Waals surface area contributed by atoms with Gasteiger partial charge in [-0.25, -0.2) is 8.42 Å². The minimum atomic E-state index is -3.28. The number of nitrogens with zero attached hydrogens (tertiary/aromatic N) is 1. The molecule has 1 fully saturated rings. The van der Waals surface area contributed by atoms with Gasteiger partial charge in [-0.3, -0.25) is 0 Å². The van der Waals surface area contributed by atoms with Gasteiger partial charge >= 0.3 is 0 Å². The molecular weight excluding hydrogens is 198 g/mol. The molecule has 1 aliphatic carbocycles. The van der Waals surface area contributed by atoms with Crippen molar-refractivity contribution in [3.05, 3.63) is 0 Å². The number of rotatable bonds is 5. The van der Waals surface area contributed by atoms with Gasteiger partial charge < -0.3 is 4.90 Å². The van der Waals surface area contributed by atoms with E-state index < -0.39 is 9.05 Å².